The van der Waals surface area contributed by atoms with Crippen molar-refractivity contribution in [3.05, 3.63) is 33.8 Å². The van der Waals surface area contributed by atoms with Gasteiger partial charge in [-0.25, -0.2) is 0 Å². The third-order valence-electron chi connectivity index (χ3n) is 5.65. The number of nitrogens with zero attached hydrogens (tertiary/aromatic N) is 1. The first-order valence-corrected chi connectivity index (χ1v) is 8.11. The van der Waals surface area contributed by atoms with E-state index in [0.29, 0.717) is 16.0 Å². The lowest BCUT2D eigenvalue weighted by atomic mass is 9.74. The molecule has 3 saturated heterocycles. The first kappa shape index (κ1) is 12.5. The van der Waals surface area contributed by atoms with Gasteiger partial charge in [0.05, 0.1) is 10.0 Å². The van der Waals surface area contributed by atoms with Gasteiger partial charge in [-0.15, -0.1) is 0 Å². The van der Waals surface area contributed by atoms with Gasteiger partial charge in [-0.05, 0) is 54.7 Å². The van der Waals surface area contributed by atoms with Crippen molar-refractivity contribution < 1.29 is 0 Å². The zero-order valence-corrected chi connectivity index (χ0v) is 12.7. The van der Waals surface area contributed by atoms with Crippen LogP contribution in [0, 0.1) is 11.8 Å². The van der Waals surface area contributed by atoms with Crippen molar-refractivity contribution in [1.82, 2.24) is 4.90 Å². The molecule has 1 aromatic carbocycles. The molecule has 3 heteroatoms. The minimum Gasteiger partial charge on any atom is -0.297 e. The van der Waals surface area contributed by atoms with E-state index in [4.69, 9.17) is 23.2 Å². The van der Waals surface area contributed by atoms with Crippen LogP contribution in [0.15, 0.2) is 18.2 Å². The molecule has 1 nitrogen and oxygen atoms in total. The van der Waals surface area contributed by atoms with E-state index >= 15 is 0 Å². The second-order valence-corrected chi connectivity index (χ2v) is 7.38. The number of piperidine rings is 1. The molecule has 6 atom stereocenters. The summed E-state index contributed by atoms with van der Waals surface area (Å²) in [7, 11) is 0. The van der Waals surface area contributed by atoms with Crippen LogP contribution >= 0.6 is 23.2 Å². The molecule has 2 unspecified atom stereocenters. The van der Waals surface area contributed by atoms with Gasteiger partial charge in [0.15, 0.2) is 0 Å². The molecule has 19 heavy (non-hydrogen) atoms. The smallest absolute Gasteiger partial charge is 0.0595 e. The molecule has 3 heterocycles. The summed E-state index contributed by atoms with van der Waals surface area (Å²) in [5, 5.41) is 1.38. The molecule has 3 aliphatic rings. The normalized spacial score (nSPS) is 43.7. The van der Waals surface area contributed by atoms with Crippen molar-refractivity contribution in [3.63, 3.8) is 0 Å². The standard InChI is InChI=1S/C16H19Cl2N/c1-9-8-19-11-3-5-15(19)16(9)12(7-11)10-2-4-13(17)14(18)6-10/h2,4,6,9,11-12,15-16H,3,5,7-8H2,1H3/t9?,11-,12-,15+,16+/m0/s1. The van der Waals surface area contributed by atoms with Crippen LogP contribution in [0.5, 0.6) is 0 Å². The fourth-order valence-electron chi connectivity index (χ4n) is 4.97. The van der Waals surface area contributed by atoms with Crippen LogP contribution in [0.25, 0.3) is 0 Å². The summed E-state index contributed by atoms with van der Waals surface area (Å²) < 4.78 is 0. The second kappa shape index (κ2) is 4.38. The molecule has 0 amide bonds. The molecule has 0 aliphatic carbocycles. The van der Waals surface area contributed by atoms with E-state index in [1.807, 2.05) is 6.07 Å². The summed E-state index contributed by atoms with van der Waals surface area (Å²) in [5.74, 6) is 2.31. The van der Waals surface area contributed by atoms with Crippen molar-refractivity contribution in [2.75, 3.05) is 6.54 Å². The van der Waals surface area contributed by atoms with Gasteiger partial charge in [0.25, 0.3) is 0 Å². The molecule has 0 radical (unpaired) electrons. The molecule has 3 aliphatic heterocycles. The van der Waals surface area contributed by atoms with Crippen molar-refractivity contribution in [2.24, 2.45) is 11.8 Å². The Morgan fingerprint density at radius 1 is 1.16 bits per heavy atom. The Balaban J connectivity index is 1.73. The van der Waals surface area contributed by atoms with Crippen LogP contribution in [-0.2, 0) is 0 Å². The second-order valence-electron chi connectivity index (χ2n) is 6.57. The number of benzene rings is 1. The minimum absolute atomic E-state index is 0.672. The van der Waals surface area contributed by atoms with Gasteiger partial charge in [-0.1, -0.05) is 36.2 Å². The quantitative estimate of drug-likeness (QED) is 0.733. The lowest BCUT2D eigenvalue weighted by Crippen LogP contribution is -2.40. The molecule has 0 spiro atoms. The molecule has 0 N–H and O–H groups in total. The van der Waals surface area contributed by atoms with Gasteiger partial charge in [0.2, 0.25) is 0 Å². The van der Waals surface area contributed by atoms with E-state index in [1.165, 1.54) is 31.4 Å². The van der Waals surface area contributed by atoms with Gasteiger partial charge in [-0.2, -0.15) is 0 Å². The molecule has 102 valence electrons. The average molecular weight is 296 g/mol. The van der Waals surface area contributed by atoms with Gasteiger partial charge in [0, 0.05) is 18.6 Å². The van der Waals surface area contributed by atoms with Crippen LogP contribution in [-0.4, -0.2) is 23.5 Å². The maximum atomic E-state index is 6.22. The molecule has 1 aromatic rings. The lowest BCUT2D eigenvalue weighted by molar-refractivity contribution is 0.150. The van der Waals surface area contributed by atoms with Gasteiger partial charge >= 0.3 is 0 Å². The lowest BCUT2D eigenvalue weighted by Gasteiger charge is -2.38. The highest BCUT2D eigenvalue weighted by molar-refractivity contribution is 6.42. The molecular formula is C16H19Cl2N. The summed E-state index contributed by atoms with van der Waals surface area (Å²) in [6, 6.07) is 7.90. The number of hydrogen-bond donors (Lipinski definition) is 0. The third kappa shape index (κ3) is 1.78. The van der Waals surface area contributed by atoms with E-state index in [0.717, 1.165) is 23.9 Å². The van der Waals surface area contributed by atoms with E-state index < -0.39 is 0 Å². The molecule has 0 saturated carbocycles. The molecule has 0 aromatic heterocycles. The van der Waals surface area contributed by atoms with E-state index in [1.54, 1.807) is 0 Å². The summed E-state index contributed by atoms with van der Waals surface area (Å²) in [6.07, 6.45) is 4.10. The van der Waals surface area contributed by atoms with E-state index in [9.17, 15) is 0 Å². The summed E-state index contributed by atoms with van der Waals surface area (Å²) >= 11 is 12.3. The fourth-order valence-corrected chi connectivity index (χ4v) is 5.27. The van der Waals surface area contributed by atoms with Gasteiger partial charge in [0.1, 0.15) is 0 Å². The van der Waals surface area contributed by atoms with Gasteiger partial charge in [-0.3, -0.25) is 4.90 Å². The zero-order chi connectivity index (χ0) is 13.1. The van der Waals surface area contributed by atoms with Crippen LogP contribution in [0.4, 0.5) is 0 Å². The SMILES string of the molecule is CC1CN2[C@H]3CC[C@@H]2[C@H]1[C@H](c1ccc(Cl)c(Cl)c1)C3. The van der Waals surface area contributed by atoms with Crippen molar-refractivity contribution in [3.8, 4) is 0 Å². The van der Waals surface area contributed by atoms with Crippen LogP contribution in [0.3, 0.4) is 0 Å². The molecule has 4 rings (SSSR count). The minimum atomic E-state index is 0.672. The Labute approximate surface area is 124 Å². The monoisotopic (exact) mass is 295 g/mol. The van der Waals surface area contributed by atoms with Crippen LogP contribution < -0.4 is 0 Å². The summed E-state index contributed by atoms with van der Waals surface area (Å²) in [4.78, 5) is 2.78. The van der Waals surface area contributed by atoms with E-state index in [-0.39, 0.29) is 0 Å². The highest BCUT2D eigenvalue weighted by Gasteiger charge is 2.54. The van der Waals surface area contributed by atoms with Gasteiger partial charge < -0.3 is 0 Å². The summed E-state index contributed by atoms with van der Waals surface area (Å²) in [5.41, 5.74) is 1.41. The topological polar surface area (TPSA) is 3.24 Å². The Morgan fingerprint density at radius 2 is 2.00 bits per heavy atom. The predicted molar refractivity (Wildman–Crippen MR) is 80.0 cm³/mol. The summed E-state index contributed by atoms with van der Waals surface area (Å²) in [6.45, 7) is 3.73. The maximum absolute atomic E-state index is 6.22. The molecular weight excluding hydrogens is 277 g/mol. The third-order valence-corrected chi connectivity index (χ3v) is 6.39. The van der Waals surface area contributed by atoms with Crippen molar-refractivity contribution in [1.29, 1.82) is 0 Å². The Bertz CT molecular complexity index is 515. The van der Waals surface area contributed by atoms with Crippen molar-refractivity contribution >= 4 is 23.2 Å². The Kier molecular flexibility index (Phi) is 2.88. The number of hydrogen-bond acceptors (Lipinski definition) is 1. The predicted octanol–water partition coefficient (Wildman–Crippen LogP) is 4.58. The van der Waals surface area contributed by atoms with Crippen LogP contribution in [0.1, 0.15) is 37.7 Å². The number of halogens is 2. The van der Waals surface area contributed by atoms with E-state index in [2.05, 4.69) is 24.0 Å². The highest BCUT2D eigenvalue weighted by atomic mass is 35.5. The fraction of sp³-hybridized carbons (Fsp3) is 0.625. The number of rotatable bonds is 1. The first-order valence-electron chi connectivity index (χ1n) is 7.36. The highest BCUT2D eigenvalue weighted by Crippen LogP contribution is 2.54. The maximum Gasteiger partial charge on any atom is 0.0595 e. The largest absolute Gasteiger partial charge is 0.297 e. The van der Waals surface area contributed by atoms with Crippen molar-refractivity contribution in [2.45, 2.75) is 44.2 Å². The van der Waals surface area contributed by atoms with Crippen LogP contribution in [0.2, 0.25) is 10.0 Å². The zero-order valence-electron chi connectivity index (χ0n) is 11.2. The molecule has 4 bridgehead atoms. The average Bonchev–Trinajstić information content (AvgIpc) is 2.78. The Hall–Kier alpha value is -0.240. The Morgan fingerprint density at radius 3 is 2.79 bits per heavy atom. The molecule has 3 fully saturated rings. The first-order chi connectivity index (χ1) is 9.15.